The van der Waals surface area contributed by atoms with Crippen LogP contribution < -0.4 is 0 Å². The molecule has 0 saturated carbocycles. The van der Waals surface area contributed by atoms with Crippen LogP contribution in [0.3, 0.4) is 0 Å². The number of carboxylic acid groups (broad SMARTS) is 1. The summed E-state index contributed by atoms with van der Waals surface area (Å²) in [5, 5.41) is 35.2. The molecule has 23 heavy (non-hydrogen) atoms. The molecule has 0 aromatic heterocycles. The summed E-state index contributed by atoms with van der Waals surface area (Å²) in [6, 6.07) is 6.46. The zero-order valence-corrected chi connectivity index (χ0v) is 12.1. The Morgan fingerprint density at radius 2 is 1.57 bits per heavy atom. The van der Waals surface area contributed by atoms with E-state index >= 15 is 0 Å². The molecule has 0 aliphatic carbocycles. The van der Waals surface area contributed by atoms with E-state index in [-0.39, 0.29) is 16.3 Å². The molecule has 0 bridgehead atoms. The molecule has 0 amide bonds. The smallest absolute Gasteiger partial charge is 0.339 e. The number of phenolic OH excluding ortho intramolecular Hbond substituents is 1. The predicted octanol–water partition coefficient (Wildman–Crippen LogP) is 2.46. The van der Waals surface area contributed by atoms with Crippen molar-refractivity contribution >= 4 is 27.5 Å². The maximum atomic E-state index is 10.9. The van der Waals surface area contributed by atoms with Gasteiger partial charge in [-0.1, -0.05) is 0 Å². The van der Waals surface area contributed by atoms with Gasteiger partial charge in [0.15, 0.2) is 0 Å². The number of carboxylic acids is 1. The number of phenols is 2. The summed E-state index contributed by atoms with van der Waals surface area (Å²) in [6.45, 7) is 0. The van der Waals surface area contributed by atoms with Crippen LogP contribution in [0.2, 0.25) is 0 Å². The minimum atomic E-state index is -4.32. The van der Waals surface area contributed by atoms with Gasteiger partial charge in [-0.15, -0.1) is 5.11 Å². The van der Waals surface area contributed by atoms with Gasteiger partial charge in [-0.25, -0.2) is 4.79 Å². The van der Waals surface area contributed by atoms with Crippen LogP contribution in [-0.4, -0.2) is 34.3 Å². The number of hydrogen-bond acceptors (Lipinski definition) is 7. The monoisotopic (exact) mass is 338 g/mol. The quantitative estimate of drug-likeness (QED) is 0.492. The van der Waals surface area contributed by atoms with Crippen LogP contribution in [0.1, 0.15) is 10.4 Å². The third-order valence-corrected chi connectivity index (χ3v) is 3.60. The molecule has 0 fully saturated rings. The van der Waals surface area contributed by atoms with Crippen LogP contribution >= 0.6 is 0 Å². The minimum absolute atomic E-state index is 0.195. The van der Waals surface area contributed by atoms with Crippen molar-refractivity contribution in [2.75, 3.05) is 0 Å². The number of aromatic hydroxyl groups is 2. The SMILES string of the molecule is O=C(O)c1cc(N=Nc2ccc(S(=O)(=O)O)cc2)c(O)cc1O. The predicted molar refractivity (Wildman–Crippen MR) is 77.2 cm³/mol. The summed E-state index contributed by atoms with van der Waals surface area (Å²) in [4.78, 5) is 10.6. The molecule has 0 atom stereocenters. The molecule has 0 heterocycles. The van der Waals surface area contributed by atoms with Gasteiger partial charge >= 0.3 is 5.97 Å². The average molecular weight is 338 g/mol. The summed E-state index contributed by atoms with van der Waals surface area (Å²) in [7, 11) is -4.32. The Balaban J connectivity index is 2.33. The molecule has 0 aliphatic rings. The fraction of sp³-hybridized carbons (Fsp3) is 0. The van der Waals surface area contributed by atoms with Crippen LogP contribution in [0, 0.1) is 0 Å². The van der Waals surface area contributed by atoms with Crippen LogP contribution in [0.15, 0.2) is 51.5 Å². The molecule has 120 valence electrons. The van der Waals surface area contributed by atoms with E-state index in [9.17, 15) is 23.4 Å². The lowest BCUT2D eigenvalue weighted by Crippen LogP contribution is -1.96. The van der Waals surface area contributed by atoms with Crippen molar-refractivity contribution < 1.29 is 33.1 Å². The number of nitrogens with zero attached hydrogens (tertiary/aromatic N) is 2. The molecular formula is C13H10N2O7S. The van der Waals surface area contributed by atoms with Crippen LogP contribution in [0.4, 0.5) is 11.4 Å². The van der Waals surface area contributed by atoms with E-state index in [1.54, 1.807) is 0 Å². The first-order chi connectivity index (χ1) is 10.7. The van der Waals surface area contributed by atoms with Crippen molar-refractivity contribution in [2.45, 2.75) is 4.90 Å². The van der Waals surface area contributed by atoms with Gasteiger partial charge in [-0.2, -0.15) is 13.5 Å². The molecule has 0 radical (unpaired) electrons. The van der Waals surface area contributed by atoms with Crippen LogP contribution in [0.5, 0.6) is 11.5 Å². The number of hydrogen-bond donors (Lipinski definition) is 4. The Labute approximate surface area is 129 Å². The molecule has 9 nitrogen and oxygen atoms in total. The maximum Gasteiger partial charge on any atom is 0.339 e. The van der Waals surface area contributed by atoms with Crippen molar-refractivity contribution in [3.05, 3.63) is 42.0 Å². The second-order valence-corrected chi connectivity index (χ2v) is 5.75. The van der Waals surface area contributed by atoms with Gasteiger partial charge in [0, 0.05) is 6.07 Å². The number of carbonyl (C=O) groups is 1. The van der Waals surface area contributed by atoms with E-state index in [4.69, 9.17) is 9.66 Å². The van der Waals surface area contributed by atoms with Crippen LogP contribution in [0.25, 0.3) is 0 Å². The van der Waals surface area contributed by atoms with Gasteiger partial charge in [-0.05, 0) is 30.3 Å². The first-order valence-corrected chi connectivity index (χ1v) is 7.41. The summed E-state index contributed by atoms with van der Waals surface area (Å²) >= 11 is 0. The lowest BCUT2D eigenvalue weighted by atomic mass is 10.1. The first-order valence-electron chi connectivity index (χ1n) is 5.97. The van der Waals surface area contributed by atoms with Crippen molar-refractivity contribution in [3.63, 3.8) is 0 Å². The van der Waals surface area contributed by atoms with E-state index in [2.05, 4.69) is 10.2 Å². The molecule has 2 aromatic rings. The normalized spacial score (nSPS) is 11.7. The molecular weight excluding hydrogens is 328 g/mol. The molecule has 10 heteroatoms. The maximum absolute atomic E-state index is 10.9. The van der Waals surface area contributed by atoms with E-state index in [0.717, 1.165) is 24.3 Å². The molecule has 0 spiro atoms. The third kappa shape index (κ3) is 3.81. The number of rotatable bonds is 4. The van der Waals surface area contributed by atoms with E-state index < -0.39 is 33.1 Å². The van der Waals surface area contributed by atoms with Gasteiger partial charge < -0.3 is 15.3 Å². The number of azo groups is 1. The summed E-state index contributed by atoms with van der Waals surface area (Å²) in [5.74, 6) is -2.51. The lowest BCUT2D eigenvalue weighted by Gasteiger charge is -2.03. The standard InChI is InChI=1S/C13H10N2O7S/c16-11-6-12(17)10(5-9(11)13(18)19)15-14-7-1-3-8(4-2-7)23(20,21)22/h1-6,16-17H,(H,18,19)(H,20,21,22). The Kier molecular flexibility index (Phi) is 4.29. The Hall–Kier alpha value is -2.98. The fourth-order valence-electron chi connectivity index (χ4n) is 1.61. The fourth-order valence-corrected chi connectivity index (χ4v) is 2.09. The van der Waals surface area contributed by atoms with Crippen molar-refractivity contribution in [3.8, 4) is 11.5 Å². The highest BCUT2D eigenvalue weighted by atomic mass is 32.2. The molecule has 2 aromatic carbocycles. The zero-order chi connectivity index (χ0) is 17.2. The molecule has 0 saturated heterocycles. The van der Waals surface area contributed by atoms with Gasteiger partial charge in [0.1, 0.15) is 22.7 Å². The summed E-state index contributed by atoms with van der Waals surface area (Å²) in [5.41, 5.74) is -0.459. The summed E-state index contributed by atoms with van der Waals surface area (Å²) < 4.78 is 30.6. The molecule has 0 unspecified atom stereocenters. The van der Waals surface area contributed by atoms with Gasteiger partial charge in [0.05, 0.1) is 10.6 Å². The number of aromatic carboxylic acids is 1. The zero-order valence-electron chi connectivity index (χ0n) is 11.3. The minimum Gasteiger partial charge on any atom is -0.507 e. The lowest BCUT2D eigenvalue weighted by molar-refractivity contribution is 0.0693. The summed E-state index contributed by atoms with van der Waals surface area (Å²) in [6.07, 6.45) is 0. The highest BCUT2D eigenvalue weighted by Crippen LogP contribution is 2.34. The Morgan fingerprint density at radius 1 is 0.957 bits per heavy atom. The number of benzene rings is 2. The Morgan fingerprint density at radius 3 is 2.09 bits per heavy atom. The average Bonchev–Trinajstić information content (AvgIpc) is 2.45. The largest absolute Gasteiger partial charge is 0.507 e. The second kappa shape index (κ2) is 6.02. The topological polar surface area (TPSA) is 157 Å². The third-order valence-electron chi connectivity index (χ3n) is 2.73. The Bertz CT molecular complexity index is 889. The van der Waals surface area contributed by atoms with E-state index in [0.29, 0.717) is 0 Å². The van der Waals surface area contributed by atoms with Crippen LogP contribution in [-0.2, 0) is 10.1 Å². The van der Waals surface area contributed by atoms with Gasteiger partial charge in [0.25, 0.3) is 10.1 Å². The molecule has 4 N–H and O–H groups in total. The van der Waals surface area contributed by atoms with Gasteiger partial charge in [-0.3, -0.25) is 4.55 Å². The first kappa shape index (κ1) is 16.4. The van der Waals surface area contributed by atoms with Crippen molar-refractivity contribution in [2.24, 2.45) is 10.2 Å². The van der Waals surface area contributed by atoms with E-state index in [1.807, 2.05) is 0 Å². The highest BCUT2D eigenvalue weighted by molar-refractivity contribution is 7.85. The van der Waals surface area contributed by atoms with Gasteiger partial charge in [0.2, 0.25) is 0 Å². The molecule has 2 rings (SSSR count). The van der Waals surface area contributed by atoms with Crippen molar-refractivity contribution in [1.82, 2.24) is 0 Å². The highest BCUT2D eigenvalue weighted by Gasteiger charge is 2.14. The van der Waals surface area contributed by atoms with Crippen molar-refractivity contribution in [1.29, 1.82) is 0 Å². The van der Waals surface area contributed by atoms with E-state index in [1.165, 1.54) is 12.1 Å². The second-order valence-electron chi connectivity index (χ2n) is 4.33. The molecule has 0 aliphatic heterocycles.